The van der Waals surface area contributed by atoms with Crippen molar-refractivity contribution in [3.63, 3.8) is 0 Å². The first-order valence-electron chi connectivity index (χ1n) is 6.57. The van der Waals surface area contributed by atoms with Gasteiger partial charge < -0.3 is 30.2 Å². The number of carbonyl (C=O) groups is 1. The standard InChI is InChI=1S/C12H21NO6/c1-6-10(16)11-8(18-6)5-7(13)12(19-11)17-4-2-3-9(14)15/h6-8,10-12,16H,2-5,13H2,1H3,(H,14,15)/t6?,7?,8-,10?,11?,12-/m1/s1. The Bertz CT molecular complexity index is 325. The molecule has 0 aromatic carbocycles. The van der Waals surface area contributed by atoms with Gasteiger partial charge in [0.15, 0.2) is 6.29 Å². The number of rotatable bonds is 5. The Morgan fingerprint density at radius 1 is 1.47 bits per heavy atom. The predicted molar refractivity (Wildman–Crippen MR) is 64.4 cm³/mol. The summed E-state index contributed by atoms with van der Waals surface area (Å²) in [7, 11) is 0. The Morgan fingerprint density at radius 2 is 2.21 bits per heavy atom. The zero-order chi connectivity index (χ0) is 14.0. The molecule has 4 N–H and O–H groups in total. The van der Waals surface area contributed by atoms with Crippen LogP contribution >= 0.6 is 0 Å². The van der Waals surface area contributed by atoms with Crippen LogP contribution in [0.3, 0.4) is 0 Å². The van der Waals surface area contributed by atoms with E-state index in [2.05, 4.69) is 0 Å². The van der Waals surface area contributed by atoms with Crippen molar-refractivity contribution in [3.8, 4) is 0 Å². The maximum Gasteiger partial charge on any atom is 0.303 e. The molecule has 2 aliphatic rings. The third-order valence-corrected chi connectivity index (χ3v) is 3.54. The smallest absolute Gasteiger partial charge is 0.303 e. The van der Waals surface area contributed by atoms with Crippen molar-refractivity contribution in [2.75, 3.05) is 6.61 Å². The molecular weight excluding hydrogens is 254 g/mol. The van der Waals surface area contributed by atoms with Crippen LogP contribution in [0.2, 0.25) is 0 Å². The SMILES string of the molecule is CC1O[C@@H]2CC(N)[C@H](OCCCC(=O)O)OC2C1O. The molecule has 4 unspecified atom stereocenters. The molecule has 0 aromatic heterocycles. The van der Waals surface area contributed by atoms with Gasteiger partial charge in [0.25, 0.3) is 0 Å². The largest absolute Gasteiger partial charge is 0.481 e. The molecule has 0 saturated carbocycles. The van der Waals surface area contributed by atoms with Crippen LogP contribution in [-0.2, 0) is 19.0 Å². The van der Waals surface area contributed by atoms with Gasteiger partial charge in [-0.25, -0.2) is 0 Å². The highest BCUT2D eigenvalue weighted by Crippen LogP contribution is 2.32. The number of nitrogens with two attached hydrogens (primary N) is 1. The lowest BCUT2D eigenvalue weighted by Gasteiger charge is -2.36. The van der Waals surface area contributed by atoms with E-state index in [4.69, 9.17) is 25.1 Å². The molecule has 2 saturated heterocycles. The van der Waals surface area contributed by atoms with Gasteiger partial charge in [-0.2, -0.15) is 0 Å². The Kier molecular flexibility index (Phi) is 4.75. The molecule has 0 radical (unpaired) electrons. The van der Waals surface area contributed by atoms with E-state index < -0.39 is 24.5 Å². The minimum atomic E-state index is -0.856. The molecule has 7 heteroatoms. The van der Waals surface area contributed by atoms with Gasteiger partial charge in [-0.3, -0.25) is 4.79 Å². The summed E-state index contributed by atoms with van der Waals surface area (Å²) < 4.78 is 16.7. The molecule has 7 nitrogen and oxygen atoms in total. The van der Waals surface area contributed by atoms with Gasteiger partial charge in [0, 0.05) is 6.42 Å². The summed E-state index contributed by atoms with van der Waals surface area (Å²) in [5, 5.41) is 18.4. The van der Waals surface area contributed by atoms with Crippen molar-refractivity contribution in [2.24, 2.45) is 5.73 Å². The number of ether oxygens (including phenoxy) is 3. The van der Waals surface area contributed by atoms with Crippen molar-refractivity contribution in [2.45, 2.75) is 62.9 Å². The number of carboxylic acid groups (broad SMARTS) is 1. The van der Waals surface area contributed by atoms with E-state index in [1.807, 2.05) is 0 Å². The summed E-state index contributed by atoms with van der Waals surface area (Å²) >= 11 is 0. The Labute approximate surface area is 111 Å². The van der Waals surface area contributed by atoms with E-state index in [-0.39, 0.29) is 31.3 Å². The zero-order valence-corrected chi connectivity index (χ0v) is 10.9. The fourth-order valence-corrected chi connectivity index (χ4v) is 2.50. The third-order valence-electron chi connectivity index (χ3n) is 3.54. The van der Waals surface area contributed by atoms with Gasteiger partial charge in [-0.15, -0.1) is 0 Å². The summed E-state index contributed by atoms with van der Waals surface area (Å²) in [5.41, 5.74) is 5.94. The highest BCUT2D eigenvalue weighted by atomic mass is 16.7. The lowest BCUT2D eigenvalue weighted by molar-refractivity contribution is -0.228. The van der Waals surface area contributed by atoms with Crippen molar-refractivity contribution in [1.29, 1.82) is 0 Å². The second-order valence-corrected chi connectivity index (χ2v) is 5.11. The lowest BCUT2D eigenvalue weighted by Crippen LogP contribution is -2.53. The molecule has 0 amide bonds. The Balaban J connectivity index is 1.80. The molecule has 6 atom stereocenters. The predicted octanol–water partition coefficient (Wildman–Crippen LogP) is -0.542. The molecule has 2 rings (SSSR count). The number of aliphatic hydroxyl groups is 1. The summed E-state index contributed by atoms with van der Waals surface area (Å²) in [4.78, 5) is 10.4. The monoisotopic (exact) mass is 275 g/mol. The molecule has 2 aliphatic heterocycles. The molecule has 2 fully saturated rings. The van der Waals surface area contributed by atoms with E-state index in [1.165, 1.54) is 0 Å². The third kappa shape index (κ3) is 3.43. The van der Waals surface area contributed by atoms with E-state index in [0.717, 1.165) is 0 Å². The van der Waals surface area contributed by atoms with Gasteiger partial charge in [0.2, 0.25) is 0 Å². The number of hydrogen-bond donors (Lipinski definition) is 3. The fraction of sp³-hybridized carbons (Fsp3) is 0.917. The van der Waals surface area contributed by atoms with Crippen molar-refractivity contribution in [1.82, 2.24) is 0 Å². The second kappa shape index (κ2) is 6.15. The molecule has 0 aliphatic carbocycles. The van der Waals surface area contributed by atoms with Crippen LogP contribution in [0.25, 0.3) is 0 Å². The molecule has 2 heterocycles. The summed E-state index contributed by atoms with van der Waals surface area (Å²) in [6.07, 6.45) is -1.15. The van der Waals surface area contributed by atoms with E-state index in [0.29, 0.717) is 12.8 Å². The first-order chi connectivity index (χ1) is 8.99. The molecule has 0 spiro atoms. The first kappa shape index (κ1) is 14.7. The van der Waals surface area contributed by atoms with Gasteiger partial charge in [-0.05, 0) is 19.8 Å². The second-order valence-electron chi connectivity index (χ2n) is 5.11. The molecule has 0 aromatic rings. The first-order valence-corrected chi connectivity index (χ1v) is 6.57. The van der Waals surface area contributed by atoms with Gasteiger partial charge >= 0.3 is 5.97 Å². The molecule has 110 valence electrons. The normalized spacial score (nSPS) is 42.1. The summed E-state index contributed by atoms with van der Waals surface area (Å²) in [6.45, 7) is 2.06. The number of carboxylic acids is 1. The Hall–Kier alpha value is -0.730. The van der Waals surface area contributed by atoms with Crippen LogP contribution in [0.15, 0.2) is 0 Å². The van der Waals surface area contributed by atoms with Crippen LogP contribution in [0.1, 0.15) is 26.2 Å². The van der Waals surface area contributed by atoms with Crippen LogP contribution in [0, 0.1) is 0 Å². The van der Waals surface area contributed by atoms with E-state index in [9.17, 15) is 9.90 Å². The number of hydrogen-bond acceptors (Lipinski definition) is 6. The molecule has 19 heavy (non-hydrogen) atoms. The van der Waals surface area contributed by atoms with Crippen LogP contribution in [-0.4, -0.2) is 59.5 Å². The maximum atomic E-state index is 10.4. The van der Waals surface area contributed by atoms with Gasteiger partial charge in [0.05, 0.1) is 24.9 Å². The number of aliphatic carboxylic acids is 1. The van der Waals surface area contributed by atoms with Crippen molar-refractivity contribution >= 4 is 5.97 Å². The summed E-state index contributed by atoms with van der Waals surface area (Å²) in [6, 6.07) is -0.330. The van der Waals surface area contributed by atoms with Gasteiger partial charge in [-0.1, -0.05) is 0 Å². The lowest BCUT2D eigenvalue weighted by atomic mass is 9.98. The highest BCUT2D eigenvalue weighted by molar-refractivity contribution is 5.66. The minimum Gasteiger partial charge on any atom is -0.481 e. The zero-order valence-electron chi connectivity index (χ0n) is 10.9. The van der Waals surface area contributed by atoms with Crippen molar-refractivity contribution < 1.29 is 29.2 Å². The van der Waals surface area contributed by atoms with Crippen LogP contribution < -0.4 is 5.73 Å². The van der Waals surface area contributed by atoms with E-state index >= 15 is 0 Å². The summed E-state index contributed by atoms with van der Waals surface area (Å²) in [5.74, 6) is -0.856. The highest BCUT2D eigenvalue weighted by Gasteiger charge is 2.48. The fourth-order valence-electron chi connectivity index (χ4n) is 2.50. The van der Waals surface area contributed by atoms with Crippen molar-refractivity contribution in [3.05, 3.63) is 0 Å². The Morgan fingerprint density at radius 3 is 2.89 bits per heavy atom. The average molecular weight is 275 g/mol. The number of aliphatic hydroxyl groups excluding tert-OH is 1. The number of fused-ring (bicyclic) bond motifs is 1. The van der Waals surface area contributed by atoms with E-state index in [1.54, 1.807) is 6.92 Å². The minimum absolute atomic E-state index is 0.0524. The van der Waals surface area contributed by atoms with Crippen LogP contribution in [0.4, 0.5) is 0 Å². The quantitative estimate of drug-likeness (QED) is 0.578. The molecular formula is C12H21NO6. The average Bonchev–Trinajstić information content (AvgIpc) is 2.60. The topological polar surface area (TPSA) is 111 Å². The van der Waals surface area contributed by atoms with Gasteiger partial charge in [0.1, 0.15) is 12.2 Å². The van der Waals surface area contributed by atoms with Crippen LogP contribution in [0.5, 0.6) is 0 Å². The maximum absolute atomic E-state index is 10.4. The molecule has 0 bridgehead atoms.